The number of hydrogen-bond donors (Lipinski definition) is 1. The molecule has 0 aromatic heterocycles. The average molecular weight is 252 g/mol. The summed E-state index contributed by atoms with van der Waals surface area (Å²) in [4.78, 5) is 0. The second-order valence-electron chi connectivity index (χ2n) is 4.54. The third kappa shape index (κ3) is 4.41. The molecule has 17 heavy (non-hydrogen) atoms. The summed E-state index contributed by atoms with van der Waals surface area (Å²) >= 11 is 5.57. The highest BCUT2D eigenvalue weighted by Crippen LogP contribution is 2.20. The van der Waals surface area contributed by atoms with Crippen molar-refractivity contribution >= 4 is 11.6 Å². The number of rotatable bonds is 6. The minimum absolute atomic E-state index is 0.545. The Morgan fingerprint density at radius 3 is 2.71 bits per heavy atom. The van der Waals surface area contributed by atoms with Crippen molar-refractivity contribution in [2.45, 2.75) is 32.4 Å². The monoisotopic (exact) mass is 251 g/mol. The van der Waals surface area contributed by atoms with Crippen molar-refractivity contribution in [3.63, 3.8) is 0 Å². The van der Waals surface area contributed by atoms with Gasteiger partial charge in [0.25, 0.3) is 0 Å². The van der Waals surface area contributed by atoms with Gasteiger partial charge in [-0.2, -0.15) is 0 Å². The first-order valence-electron chi connectivity index (χ1n) is 5.99. The van der Waals surface area contributed by atoms with E-state index in [0.29, 0.717) is 6.61 Å². The van der Waals surface area contributed by atoms with Crippen LogP contribution in [0.1, 0.15) is 25.3 Å². The molecule has 2 nitrogen and oxygen atoms in total. The van der Waals surface area contributed by atoms with Crippen LogP contribution in [0.4, 0.5) is 0 Å². The molecule has 0 atom stereocenters. The Morgan fingerprint density at radius 1 is 1.41 bits per heavy atom. The van der Waals surface area contributed by atoms with E-state index in [1.165, 1.54) is 18.4 Å². The topological polar surface area (TPSA) is 21.3 Å². The number of halogens is 1. The van der Waals surface area contributed by atoms with Crippen LogP contribution in [-0.2, 0) is 6.54 Å². The van der Waals surface area contributed by atoms with Crippen molar-refractivity contribution in [2.24, 2.45) is 0 Å². The Morgan fingerprint density at radius 2 is 2.12 bits per heavy atom. The number of benzene rings is 1. The van der Waals surface area contributed by atoms with E-state index in [0.717, 1.165) is 23.9 Å². The third-order valence-electron chi connectivity index (χ3n) is 2.75. The van der Waals surface area contributed by atoms with Gasteiger partial charge in [-0.05, 0) is 43.0 Å². The molecule has 1 aromatic rings. The van der Waals surface area contributed by atoms with Crippen LogP contribution in [0.5, 0.6) is 5.75 Å². The third-order valence-corrected chi connectivity index (χ3v) is 3.12. The van der Waals surface area contributed by atoms with Crippen molar-refractivity contribution in [2.75, 3.05) is 6.61 Å². The Bertz CT molecular complexity index is 382. The molecule has 1 saturated carbocycles. The number of hydrogen-bond acceptors (Lipinski definition) is 2. The summed E-state index contributed by atoms with van der Waals surface area (Å²) in [6.45, 7) is 3.44. The van der Waals surface area contributed by atoms with E-state index in [9.17, 15) is 0 Å². The van der Waals surface area contributed by atoms with E-state index in [1.54, 1.807) is 5.54 Å². The number of nitrogens with one attached hydrogen (secondary N) is 1. The van der Waals surface area contributed by atoms with Gasteiger partial charge >= 0.3 is 0 Å². The quantitative estimate of drug-likeness (QED) is 0.836. The van der Waals surface area contributed by atoms with Gasteiger partial charge in [-0.25, -0.2) is 0 Å². The van der Waals surface area contributed by atoms with E-state index >= 15 is 0 Å². The Balaban J connectivity index is 1.79. The molecule has 1 N–H and O–H groups in total. The smallest absolute Gasteiger partial charge is 0.119 e. The van der Waals surface area contributed by atoms with E-state index in [4.69, 9.17) is 16.3 Å². The molecular formula is C14H18ClNO. The van der Waals surface area contributed by atoms with Crippen molar-refractivity contribution in [3.8, 4) is 5.75 Å². The lowest BCUT2D eigenvalue weighted by atomic mass is 10.2. The lowest BCUT2D eigenvalue weighted by Crippen LogP contribution is -2.15. The Hall–Kier alpha value is -0.990. The first-order valence-corrected chi connectivity index (χ1v) is 6.42. The van der Waals surface area contributed by atoms with Gasteiger partial charge in [0.15, 0.2) is 0 Å². The highest BCUT2D eigenvalue weighted by Gasteiger charge is 2.19. The molecule has 92 valence electrons. The summed E-state index contributed by atoms with van der Waals surface area (Å²) in [6, 6.07) is 8.97. The maximum Gasteiger partial charge on any atom is 0.119 e. The van der Waals surface area contributed by atoms with Gasteiger partial charge in [0.2, 0.25) is 0 Å². The second-order valence-corrected chi connectivity index (χ2v) is 4.76. The minimum Gasteiger partial charge on any atom is -0.489 e. The van der Waals surface area contributed by atoms with Gasteiger partial charge in [-0.15, -0.1) is 0 Å². The molecule has 2 rings (SSSR count). The van der Waals surface area contributed by atoms with Gasteiger partial charge in [-0.3, -0.25) is 0 Å². The van der Waals surface area contributed by atoms with Crippen LogP contribution in [0.2, 0.25) is 0 Å². The van der Waals surface area contributed by atoms with Crippen molar-refractivity contribution in [3.05, 3.63) is 40.9 Å². The SMILES string of the molecule is C/C(=C/Cl)COc1ccc(CNC2CC2)cc1. The molecule has 1 fully saturated rings. The Kier molecular flexibility index (Phi) is 4.46. The zero-order valence-corrected chi connectivity index (χ0v) is 10.8. The van der Waals surface area contributed by atoms with E-state index in [1.807, 2.05) is 19.1 Å². The van der Waals surface area contributed by atoms with E-state index in [2.05, 4.69) is 17.4 Å². The number of ether oxygens (including phenoxy) is 1. The highest BCUT2D eigenvalue weighted by molar-refractivity contribution is 6.25. The molecule has 0 amide bonds. The molecule has 0 saturated heterocycles. The fraction of sp³-hybridized carbons (Fsp3) is 0.429. The van der Waals surface area contributed by atoms with Crippen molar-refractivity contribution in [1.29, 1.82) is 0 Å². The van der Waals surface area contributed by atoms with Crippen LogP contribution >= 0.6 is 11.6 Å². The van der Waals surface area contributed by atoms with E-state index < -0.39 is 0 Å². The normalized spacial score (nSPS) is 16.0. The van der Waals surface area contributed by atoms with Crippen LogP contribution in [0.25, 0.3) is 0 Å². The van der Waals surface area contributed by atoms with Gasteiger partial charge in [-0.1, -0.05) is 23.7 Å². The minimum atomic E-state index is 0.545. The molecule has 0 radical (unpaired) electrons. The lowest BCUT2D eigenvalue weighted by molar-refractivity contribution is 0.352. The molecule has 1 aromatic carbocycles. The first-order chi connectivity index (χ1) is 8.28. The predicted octanol–water partition coefficient (Wildman–Crippen LogP) is 3.46. The molecule has 0 bridgehead atoms. The standard InChI is InChI=1S/C14H18ClNO/c1-11(8-15)10-17-14-6-2-12(3-7-14)9-16-13-4-5-13/h2-3,6-8,13,16H,4-5,9-10H2,1H3/b11-8-. The van der Waals surface area contributed by atoms with Crippen LogP contribution in [0, 0.1) is 0 Å². The summed E-state index contributed by atoms with van der Waals surface area (Å²) in [7, 11) is 0. The maximum atomic E-state index is 5.58. The van der Waals surface area contributed by atoms with Crippen molar-refractivity contribution < 1.29 is 4.74 Å². The molecular weight excluding hydrogens is 234 g/mol. The van der Waals surface area contributed by atoms with Crippen molar-refractivity contribution in [1.82, 2.24) is 5.32 Å². The van der Waals surface area contributed by atoms with Gasteiger partial charge < -0.3 is 10.1 Å². The molecule has 0 aliphatic heterocycles. The summed E-state index contributed by atoms with van der Waals surface area (Å²) in [5.41, 5.74) is 3.87. The summed E-state index contributed by atoms with van der Waals surface area (Å²) < 4.78 is 5.58. The summed E-state index contributed by atoms with van der Waals surface area (Å²) in [5.74, 6) is 0.887. The summed E-state index contributed by atoms with van der Waals surface area (Å²) in [6.07, 6.45) is 2.65. The fourth-order valence-corrected chi connectivity index (χ4v) is 1.54. The zero-order valence-electron chi connectivity index (χ0n) is 10.1. The van der Waals surface area contributed by atoms with Crippen LogP contribution in [0.3, 0.4) is 0 Å². The van der Waals surface area contributed by atoms with E-state index in [-0.39, 0.29) is 0 Å². The molecule has 3 heteroatoms. The lowest BCUT2D eigenvalue weighted by Gasteiger charge is -2.07. The fourth-order valence-electron chi connectivity index (χ4n) is 1.48. The second kappa shape index (κ2) is 6.08. The largest absolute Gasteiger partial charge is 0.489 e. The first kappa shape index (κ1) is 12.5. The van der Waals surface area contributed by atoms with Crippen LogP contribution in [-0.4, -0.2) is 12.6 Å². The molecule has 1 aliphatic carbocycles. The van der Waals surface area contributed by atoms with Gasteiger partial charge in [0.1, 0.15) is 12.4 Å². The predicted molar refractivity (Wildman–Crippen MR) is 71.4 cm³/mol. The highest BCUT2D eigenvalue weighted by atomic mass is 35.5. The van der Waals surface area contributed by atoms with Gasteiger partial charge in [0, 0.05) is 18.1 Å². The van der Waals surface area contributed by atoms with Gasteiger partial charge in [0.05, 0.1) is 0 Å². The average Bonchev–Trinajstić information content (AvgIpc) is 3.18. The molecule has 1 aliphatic rings. The zero-order chi connectivity index (χ0) is 12.1. The summed E-state index contributed by atoms with van der Waals surface area (Å²) in [5, 5.41) is 3.48. The maximum absolute atomic E-state index is 5.58. The molecule has 0 spiro atoms. The van der Waals surface area contributed by atoms with Crippen LogP contribution < -0.4 is 10.1 Å². The Labute approximate surface area is 108 Å². The van der Waals surface area contributed by atoms with Crippen LogP contribution in [0.15, 0.2) is 35.4 Å². The molecule has 0 heterocycles. The molecule has 0 unspecified atom stereocenters.